The highest BCUT2D eigenvalue weighted by Gasteiger charge is 2.15. The maximum absolute atomic E-state index is 13.0. The fourth-order valence-electron chi connectivity index (χ4n) is 3.43. The molecular formula is C25H22N4O2. The van der Waals surface area contributed by atoms with Crippen LogP contribution >= 0.6 is 0 Å². The maximum atomic E-state index is 13.0. The lowest BCUT2D eigenvalue weighted by Gasteiger charge is -2.12. The third-order valence-electron chi connectivity index (χ3n) is 5.02. The monoisotopic (exact) mass is 410 g/mol. The van der Waals surface area contributed by atoms with E-state index in [4.69, 9.17) is 0 Å². The maximum Gasteiger partial charge on any atom is 0.252 e. The number of hydrogen-bond acceptors (Lipinski definition) is 4. The minimum absolute atomic E-state index is 0.127. The van der Waals surface area contributed by atoms with Crippen LogP contribution in [0.15, 0.2) is 79.1 Å². The van der Waals surface area contributed by atoms with Crippen molar-refractivity contribution in [1.29, 1.82) is 0 Å². The second-order valence-corrected chi connectivity index (χ2v) is 7.05. The van der Waals surface area contributed by atoms with E-state index < -0.39 is 0 Å². The summed E-state index contributed by atoms with van der Waals surface area (Å²) in [5, 5.41) is 6.34. The van der Waals surface area contributed by atoms with Gasteiger partial charge >= 0.3 is 0 Å². The number of aryl methyl sites for hydroxylation is 1. The molecule has 0 radical (unpaired) electrons. The number of benzene rings is 2. The topological polar surface area (TPSA) is 84.0 Å². The first kappa shape index (κ1) is 20.2. The SMILES string of the molecule is CCc1ccccc1NC(=O)CNC(=O)c1cc(-c2ccncc2)nc2ccccc12. The number of para-hydroxylation sites is 2. The van der Waals surface area contributed by atoms with Gasteiger partial charge in [0, 0.05) is 29.0 Å². The molecule has 2 heterocycles. The molecular weight excluding hydrogens is 388 g/mol. The number of rotatable bonds is 6. The van der Waals surface area contributed by atoms with Crippen molar-refractivity contribution in [2.45, 2.75) is 13.3 Å². The van der Waals surface area contributed by atoms with Crippen LogP contribution in [0.5, 0.6) is 0 Å². The lowest BCUT2D eigenvalue weighted by Crippen LogP contribution is -2.33. The minimum atomic E-state index is -0.326. The summed E-state index contributed by atoms with van der Waals surface area (Å²) in [5.74, 6) is -0.602. The average molecular weight is 410 g/mol. The Labute approximate surface area is 180 Å². The second kappa shape index (κ2) is 9.17. The van der Waals surface area contributed by atoms with Crippen LogP contribution in [-0.2, 0) is 11.2 Å². The number of amides is 2. The summed E-state index contributed by atoms with van der Waals surface area (Å²) < 4.78 is 0. The van der Waals surface area contributed by atoms with Gasteiger partial charge in [0.1, 0.15) is 0 Å². The number of fused-ring (bicyclic) bond motifs is 1. The minimum Gasteiger partial charge on any atom is -0.343 e. The van der Waals surface area contributed by atoms with E-state index in [1.165, 1.54) is 0 Å². The largest absolute Gasteiger partial charge is 0.343 e. The van der Waals surface area contributed by atoms with Crippen LogP contribution in [-0.4, -0.2) is 28.3 Å². The van der Waals surface area contributed by atoms with Crippen LogP contribution < -0.4 is 10.6 Å². The van der Waals surface area contributed by atoms with E-state index >= 15 is 0 Å². The van der Waals surface area contributed by atoms with Gasteiger partial charge in [-0.15, -0.1) is 0 Å². The van der Waals surface area contributed by atoms with Crippen LogP contribution in [0.3, 0.4) is 0 Å². The number of anilines is 1. The van der Waals surface area contributed by atoms with E-state index in [1.807, 2.05) is 67.6 Å². The molecule has 0 saturated carbocycles. The number of hydrogen-bond donors (Lipinski definition) is 2. The van der Waals surface area contributed by atoms with Gasteiger partial charge in [-0.25, -0.2) is 4.98 Å². The molecule has 0 fully saturated rings. The van der Waals surface area contributed by atoms with Crippen molar-refractivity contribution in [3.05, 3.63) is 90.3 Å². The quantitative estimate of drug-likeness (QED) is 0.498. The highest BCUT2D eigenvalue weighted by Crippen LogP contribution is 2.24. The van der Waals surface area contributed by atoms with Gasteiger partial charge in [0.2, 0.25) is 5.91 Å². The highest BCUT2D eigenvalue weighted by atomic mass is 16.2. The average Bonchev–Trinajstić information content (AvgIpc) is 2.82. The van der Waals surface area contributed by atoms with Gasteiger partial charge in [-0.05, 0) is 42.3 Å². The summed E-state index contributed by atoms with van der Waals surface area (Å²) in [6, 6.07) is 20.5. The standard InChI is InChI=1S/C25H22N4O2/c1-2-17-7-3-5-9-21(17)29-24(30)16-27-25(31)20-15-23(18-11-13-26-14-12-18)28-22-10-6-4-8-19(20)22/h3-15H,2,16H2,1H3,(H,27,31)(H,29,30). The Morgan fingerprint density at radius 1 is 0.935 bits per heavy atom. The van der Waals surface area contributed by atoms with Crippen molar-refractivity contribution in [3.63, 3.8) is 0 Å². The predicted octanol–water partition coefficient (Wildman–Crippen LogP) is 4.23. The Balaban J connectivity index is 1.55. The zero-order valence-corrected chi connectivity index (χ0v) is 17.1. The Bertz CT molecular complexity index is 1240. The van der Waals surface area contributed by atoms with Gasteiger partial charge in [-0.1, -0.05) is 43.3 Å². The lowest BCUT2D eigenvalue weighted by atomic mass is 10.0. The number of carbonyl (C=O) groups excluding carboxylic acids is 2. The molecule has 2 aromatic carbocycles. The predicted molar refractivity (Wildman–Crippen MR) is 122 cm³/mol. The van der Waals surface area contributed by atoms with Crippen LogP contribution in [0, 0.1) is 0 Å². The van der Waals surface area contributed by atoms with Crippen LogP contribution in [0.1, 0.15) is 22.8 Å². The van der Waals surface area contributed by atoms with E-state index in [9.17, 15) is 9.59 Å². The van der Waals surface area contributed by atoms with E-state index in [2.05, 4.69) is 20.6 Å². The number of pyridine rings is 2. The molecule has 2 N–H and O–H groups in total. The summed E-state index contributed by atoms with van der Waals surface area (Å²) in [7, 11) is 0. The van der Waals surface area contributed by atoms with Gasteiger partial charge in [-0.2, -0.15) is 0 Å². The molecule has 0 spiro atoms. The molecule has 6 nitrogen and oxygen atoms in total. The Kier molecular flexibility index (Phi) is 5.98. The van der Waals surface area contributed by atoms with Crippen molar-refractivity contribution in [1.82, 2.24) is 15.3 Å². The lowest BCUT2D eigenvalue weighted by molar-refractivity contribution is -0.115. The van der Waals surface area contributed by atoms with Gasteiger partial charge in [-0.3, -0.25) is 14.6 Å². The van der Waals surface area contributed by atoms with Gasteiger partial charge in [0.25, 0.3) is 5.91 Å². The van der Waals surface area contributed by atoms with Crippen LogP contribution in [0.2, 0.25) is 0 Å². The molecule has 0 unspecified atom stereocenters. The summed E-state index contributed by atoms with van der Waals surface area (Å²) in [4.78, 5) is 34.1. The zero-order chi connectivity index (χ0) is 21.6. The number of carbonyl (C=O) groups is 2. The molecule has 31 heavy (non-hydrogen) atoms. The Morgan fingerprint density at radius 2 is 1.68 bits per heavy atom. The molecule has 154 valence electrons. The molecule has 0 saturated heterocycles. The zero-order valence-electron chi connectivity index (χ0n) is 17.1. The Morgan fingerprint density at radius 3 is 2.48 bits per heavy atom. The smallest absolute Gasteiger partial charge is 0.252 e. The molecule has 0 bridgehead atoms. The molecule has 0 aliphatic heterocycles. The molecule has 0 aliphatic carbocycles. The molecule has 0 aliphatic rings. The first-order valence-corrected chi connectivity index (χ1v) is 10.1. The van der Waals surface area contributed by atoms with Gasteiger partial charge < -0.3 is 10.6 Å². The van der Waals surface area contributed by atoms with E-state index in [1.54, 1.807) is 18.5 Å². The van der Waals surface area contributed by atoms with Crippen LogP contribution in [0.4, 0.5) is 5.69 Å². The van der Waals surface area contributed by atoms with E-state index in [0.717, 1.165) is 28.6 Å². The normalized spacial score (nSPS) is 10.6. The van der Waals surface area contributed by atoms with Crippen molar-refractivity contribution in [2.75, 3.05) is 11.9 Å². The number of nitrogens with one attached hydrogen (secondary N) is 2. The van der Waals surface area contributed by atoms with Crippen molar-refractivity contribution in [2.24, 2.45) is 0 Å². The summed E-state index contributed by atoms with van der Waals surface area (Å²) in [6.07, 6.45) is 4.18. The fraction of sp³-hybridized carbons (Fsp3) is 0.120. The first-order valence-electron chi connectivity index (χ1n) is 10.1. The van der Waals surface area contributed by atoms with E-state index in [0.29, 0.717) is 16.8 Å². The molecule has 4 rings (SSSR count). The van der Waals surface area contributed by atoms with Crippen molar-refractivity contribution >= 4 is 28.4 Å². The summed E-state index contributed by atoms with van der Waals surface area (Å²) in [5.41, 5.74) is 4.53. The molecule has 2 amide bonds. The van der Waals surface area contributed by atoms with Crippen molar-refractivity contribution in [3.8, 4) is 11.3 Å². The number of nitrogens with zero attached hydrogens (tertiary/aromatic N) is 2. The van der Waals surface area contributed by atoms with Gasteiger partial charge in [0.15, 0.2) is 0 Å². The summed E-state index contributed by atoms with van der Waals surface area (Å²) >= 11 is 0. The third kappa shape index (κ3) is 4.59. The summed E-state index contributed by atoms with van der Waals surface area (Å²) in [6.45, 7) is 1.90. The van der Waals surface area contributed by atoms with Gasteiger partial charge in [0.05, 0.1) is 23.3 Å². The first-order chi connectivity index (χ1) is 15.2. The number of aromatic nitrogens is 2. The molecule has 2 aromatic heterocycles. The fourth-order valence-corrected chi connectivity index (χ4v) is 3.43. The third-order valence-corrected chi connectivity index (χ3v) is 5.02. The molecule has 4 aromatic rings. The second-order valence-electron chi connectivity index (χ2n) is 7.05. The molecule has 0 atom stereocenters. The van der Waals surface area contributed by atoms with Crippen LogP contribution in [0.25, 0.3) is 22.2 Å². The Hall–Kier alpha value is -4.06. The van der Waals surface area contributed by atoms with Crippen molar-refractivity contribution < 1.29 is 9.59 Å². The molecule has 6 heteroatoms. The highest BCUT2D eigenvalue weighted by molar-refractivity contribution is 6.08. The van der Waals surface area contributed by atoms with E-state index in [-0.39, 0.29) is 18.4 Å².